The second kappa shape index (κ2) is 23.5. The van der Waals surface area contributed by atoms with Gasteiger partial charge in [0.2, 0.25) is 0 Å². The van der Waals surface area contributed by atoms with Gasteiger partial charge in [-0.1, -0.05) is 95.8 Å². The molecule has 12 nitrogen and oxygen atoms in total. The normalized spacial score (nSPS) is 36.6. The summed E-state index contributed by atoms with van der Waals surface area (Å²) in [5.74, 6) is -3.00. The molecule has 4 heterocycles. The van der Waals surface area contributed by atoms with Crippen LogP contribution in [0.2, 0.25) is 0 Å². The van der Waals surface area contributed by atoms with E-state index in [2.05, 4.69) is 11.5 Å². The van der Waals surface area contributed by atoms with Crippen molar-refractivity contribution >= 4 is 17.7 Å². The minimum atomic E-state index is -1.37. The van der Waals surface area contributed by atoms with Crippen molar-refractivity contribution in [2.45, 2.75) is 182 Å². The first-order chi connectivity index (χ1) is 30.3. The molecule has 358 valence electrons. The van der Waals surface area contributed by atoms with Crippen LogP contribution in [0.4, 0.5) is 0 Å². The summed E-state index contributed by atoms with van der Waals surface area (Å²) in [7, 11) is 0. The largest absolute Gasteiger partial charge is 0.457 e. The smallest absolute Gasteiger partial charge is 0.312 e. The highest BCUT2D eigenvalue weighted by Gasteiger charge is 2.56. The third-order valence-corrected chi connectivity index (χ3v) is 13.2. The summed E-state index contributed by atoms with van der Waals surface area (Å²) >= 11 is 0. The first-order valence-corrected chi connectivity index (χ1v) is 22.8. The van der Waals surface area contributed by atoms with Gasteiger partial charge in [-0.15, -0.1) is 11.5 Å². The molecule has 0 amide bonds. The molecule has 2 aromatic rings. The molecule has 2 aromatic carbocycles. The van der Waals surface area contributed by atoms with Crippen LogP contribution in [0.25, 0.3) is 0 Å². The van der Waals surface area contributed by atoms with Crippen LogP contribution in [0.5, 0.6) is 0 Å². The lowest BCUT2D eigenvalue weighted by Gasteiger charge is -2.33. The minimum Gasteiger partial charge on any atom is -0.457 e. The zero-order valence-electron chi connectivity index (χ0n) is 39.2. The highest BCUT2D eigenvalue weighted by molar-refractivity contribution is 5.94. The highest BCUT2D eigenvalue weighted by Crippen LogP contribution is 2.41. The Labute approximate surface area is 386 Å². The van der Waals surface area contributed by atoms with Gasteiger partial charge in [-0.05, 0) is 102 Å². The number of aliphatic hydroxyl groups excluding tert-OH is 3. The van der Waals surface area contributed by atoms with Crippen molar-refractivity contribution < 1.29 is 58.1 Å². The molecule has 0 aliphatic carbocycles. The number of cyclic esters (lactones) is 2. The summed E-state index contributed by atoms with van der Waals surface area (Å²) in [5, 5.41) is 32.1. The van der Waals surface area contributed by atoms with Crippen molar-refractivity contribution in [2.24, 2.45) is 23.7 Å². The van der Waals surface area contributed by atoms with Crippen LogP contribution in [0, 0.1) is 23.7 Å². The Morgan fingerprint density at radius 2 is 1.09 bits per heavy atom. The molecule has 2 fully saturated rings. The van der Waals surface area contributed by atoms with Gasteiger partial charge < -0.3 is 43.7 Å². The van der Waals surface area contributed by atoms with Gasteiger partial charge in [0.25, 0.3) is 0 Å². The number of fused-ring (bicyclic) bond motifs is 4. The average molecular weight is 903 g/mol. The van der Waals surface area contributed by atoms with E-state index >= 15 is 0 Å². The summed E-state index contributed by atoms with van der Waals surface area (Å²) in [6, 6.07) is 19.8. The van der Waals surface area contributed by atoms with Gasteiger partial charge in [0.15, 0.2) is 5.78 Å². The molecule has 65 heavy (non-hydrogen) atoms. The van der Waals surface area contributed by atoms with Gasteiger partial charge in [-0.2, -0.15) is 0 Å². The van der Waals surface area contributed by atoms with Gasteiger partial charge in [0, 0.05) is 11.1 Å². The molecule has 4 aliphatic rings. The van der Waals surface area contributed by atoms with Crippen LogP contribution in [-0.4, -0.2) is 99.2 Å². The van der Waals surface area contributed by atoms with E-state index in [1.807, 2.05) is 114 Å². The molecule has 6 rings (SSSR count). The van der Waals surface area contributed by atoms with E-state index in [1.165, 1.54) is 0 Å². The number of Topliss-reactive ketones (excluding diaryl/α,β-unsaturated/α-hetero) is 1. The second-order valence-corrected chi connectivity index (χ2v) is 18.6. The third-order valence-electron chi connectivity index (χ3n) is 13.2. The monoisotopic (exact) mass is 903 g/mol. The number of carbonyl (C=O) groups excluding carboxylic acids is 3. The third kappa shape index (κ3) is 13.0. The van der Waals surface area contributed by atoms with Crippen molar-refractivity contribution in [2.75, 3.05) is 0 Å². The molecule has 0 saturated carbocycles. The molecule has 2 saturated heterocycles. The zero-order valence-corrected chi connectivity index (χ0v) is 39.2. The minimum absolute atomic E-state index is 0. The maximum atomic E-state index is 12.9. The van der Waals surface area contributed by atoms with Crippen LogP contribution in [0.15, 0.2) is 95.4 Å². The first-order valence-electron chi connectivity index (χ1n) is 22.8. The lowest BCUT2D eigenvalue weighted by molar-refractivity contribution is -0.163. The van der Waals surface area contributed by atoms with Crippen LogP contribution in [0.3, 0.4) is 0 Å². The van der Waals surface area contributed by atoms with Gasteiger partial charge in [0.05, 0.1) is 49.0 Å². The molecular weight excluding hydrogens is 829 g/mol. The first kappa shape index (κ1) is 53.4. The summed E-state index contributed by atoms with van der Waals surface area (Å²) in [6.07, 6.45) is -1.28. The van der Waals surface area contributed by atoms with Crippen molar-refractivity contribution in [1.29, 1.82) is 0 Å². The van der Waals surface area contributed by atoms with E-state index in [-0.39, 0.29) is 31.5 Å². The van der Waals surface area contributed by atoms with Crippen molar-refractivity contribution in [3.8, 4) is 0 Å². The topological polar surface area (TPSA) is 167 Å². The Hall–Kier alpha value is -4.19. The summed E-state index contributed by atoms with van der Waals surface area (Å²) in [6.45, 7) is 19.3. The highest BCUT2D eigenvalue weighted by atomic mass is 16.6. The van der Waals surface area contributed by atoms with Crippen molar-refractivity contribution in [3.05, 3.63) is 107 Å². The summed E-state index contributed by atoms with van der Waals surface area (Å²) < 4.78 is 36.1. The van der Waals surface area contributed by atoms with Crippen LogP contribution >= 0.6 is 0 Å². The molecule has 4 bridgehead atoms. The van der Waals surface area contributed by atoms with E-state index in [0.29, 0.717) is 38.9 Å². The van der Waals surface area contributed by atoms with E-state index in [0.717, 1.165) is 22.3 Å². The summed E-state index contributed by atoms with van der Waals surface area (Å²) in [5.41, 5.74) is 8.03. The molecule has 0 radical (unpaired) electrons. The van der Waals surface area contributed by atoms with Gasteiger partial charge in [-0.25, -0.2) is 0 Å². The molecule has 15 atom stereocenters. The van der Waals surface area contributed by atoms with E-state index in [9.17, 15) is 29.7 Å². The lowest BCUT2D eigenvalue weighted by Crippen LogP contribution is -2.43. The van der Waals surface area contributed by atoms with Crippen molar-refractivity contribution in [1.82, 2.24) is 0 Å². The Bertz CT molecular complexity index is 2020. The molecule has 4 aliphatic heterocycles. The number of aliphatic hydroxyl groups is 3. The number of ether oxygens (including phenoxy) is 6. The van der Waals surface area contributed by atoms with E-state index in [4.69, 9.17) is 28.4 Å². The molecule has 0 unspecified atom stereocenters. The van der Waals surface area contributed by atoms with Crippen LogP contribution in [-0.2, 0) is 56.0 Å². The molecule has 12 heteroatoms. The van der Waals surface area contributed by atoms with Crippen LogP contribution in [0.1, 0.15) is 113 Å². The maximum absolute atomic E-state index is 12.9. The number of benzene rings is 2. The average Bonchev–Trinajstić information content (AvgIpc) is 3.64. The van der Waals surface area contributed by atoms with E-state index < -0.39 is 83.5 Å². The fraction of sp³-hybridized carbons (Fsp3) is 0.604. The van der Waals surface area contributed by atoms with Gasteiger partial charge in [-0.3, -0.25) is 14.4 Å². The second-order valence-electron chi connectivity index (χ2n) is 18.6. The van der Waals surface area contributed by atoms with Crippen LogP contribution < -0.4 is 0 Å². The molecular formula is C53H74O12. The number of rotatable bonds is 8. The number of hydrogen-bond acceptors (Lipinski definition) is 12. The Balaban J connectivity index is 0.000000280. The SMILES string of the molecule is C.CC[C@H]1OC(=O)[C@H](C)[C@H]2O[C@@](C)(C[C@@H](C)[C@H](OCc3ccccc3)C=C=C1C)C(=O)[C@@H]2O.CC[C@H]1OC(=O)[C@H](C)[C@H]2O[C@@](C)(C[C@@H](C)[C@H](OCc3ccccc3)C=C=C1C)[C@H](O)[C@@H]2O. The quantitative estimate of drug-likeness (QED) is 0.173. The fourth-order valence-electron chi connectivity index (χ4n) is 9.07. The predicted octanol–water partition coefficient (Wildman–Crippen LogP) is 7.94. The summed E-state index contributed by atoms with van der Waals surface area (Å²) in [4.78, 5) is 38.5. The van der Waals surface area contributed by atoms with Gasteiger partial charge >= 0.3 is 11.9 Å². The Kier molecular flexibility index (Phi) is 19.3. The number of hydrogen-bond donors (Lipinski definition) is 3. The maximum Gasteiger partial charge on any atom is 0.312 e. The molecule has 3 N–H and O–H groups in total. The van der Waals surface area contributed by atoms with Gasteiger partial charge in [0.1, 0.15) is 42.2 Å². The lowest BCUT2D eigenvalue weighted by atomic mass is 9.84. The number of carbonyl (C=O) groups is 3. The number of ketones is 1. The fourth-order valence-corrected chi connectivity index (χ4v) is 9.07. The molecule has 0 aromatic heterocycles. The standard InChI is InChI=1S/C26H36O6.C26H34O6.CH4/c2*1-6-20-16(2)12-13-21(30-15-19-10-8-7-9-11-19)17(3)14-26(5)24(28)22(27)23(32-26)18(4)25(29)31-20;/h7-11,13,17-18,20-24,27-28H,6,14-15H2,1-5H3;7-11,13,17-18,20-23,27H,6,14-15H2,1-5H3;1H4/t12?,17-,18-,20-,21-,22-,23-,24-,26+;12?,17-,18-,20-,21-,22-,23-,26+;/m11./s1. The number of esters is 2. The predicted molar refractivity (Wildman–Crippen MR) is 247 cm³/mol. The Morgan fingerprint density at radius 3 is 1.54 bits per heavy atom. The Morgan fingerprint density at radius 1 is 0.662 bits per heavy atom. The van der Waals surface area contributed by atoms with E-state index in [1.54, 1.807) is 27.7 Å². The zero-order chi connectivity index (χ0) is 46.9. The van der Waals surface area contributed by atoms with Crippen molar-refractivity contribution in [3.63, 3.8) is 0 Å². The molecule has 0 spiro atoms.